The van der Waals surface area contributed by atoms with Gasteiger partial charge in [-0.25, -0.2) is 32.8 Å². The van der Waals surface area contributed by atoms with Crippen LogP contribution in [-0.2, 0) is 16.1 Å². The highest BCUT2D eigenvalue weighted by molar-refractivity contribution is 6.31. The molecule has 7 rings (SSSR count). The van der Waals surface area contributed by atoms with Gasteiger partial charge in [-0.05, 0) is 55.3 Å². The number of hydrogen-bond donors (Lipinski definition) is 1. The molecule has 2 aliphatic heterocycles. The average Bonchev–Trinajstić information content (AvgIpc) is 3.35. The van der Waals surface area contributed by atoms with Crippen molar-refractivity contribution in [2.24, 2.45) is 11.3 Å². The van der Waals surface area contributed by atoms with Gasteiger partial charge in [0.15, 0.2) is 0 Å². The molecule has 4 aromatic rings. The van der Waals surface area contributed by atoms with Gasteiger partial charge in [0.25, 0.3) is 0 Å². The molecule has 1 aromatic heterocycles. The number of aromatic hydroxyl groups is 1. The molecule has 2 amide bonds. The summed E-state index contributed by atoms with van der Waals surface area (Å²) in [5.41, 5.74) is -0.842. The molecule has 0 radical (unpaired) electrons. The van der Waals surface area contributed by atoms with Crippen molar-refractivity contribution in [2.45, 2.75) is 31.8 Å². The first kappa shape index (κ1) is 26.2. The molecular weight excluding hydrogens is 563 g/mol. The summed E-state index contributed by atoms with van der Waals surface area (Å²) < 4.78 is 17.8. The molecule has 1 saturated carbocycles. The lowest BCUT2D eigenvalue weighted by molar-refractivity contribution is -0.129. The van der Waals surface area contributed by atoms with E-state index >= 15 is 0 Å². The largest absolute Gasteiger partial charge is 0.508 e. The van der Waals surface area contributed by atoms with Gasteiger partial charge < -0.3 is 5.11 Å². The third-order valence-electron chi connectivity index (χ3n) is 8.96. The number of fused-ring (bicyclic) bond motifs is 4. The quantitative estimate of drug-likeness (QED) is 0.287. The number of allylic oxidation sites excluding steroid dienone is 2. The number of rotatable bonds is 3. The molecule has 4 atom stereocenters. The zero-order chi connectivity index (χ0) is 29.5. The summed E-state index contributed by atoms with van der Waals surface area (Å²) >= 11 is 6.02. The van der Waals surface area contributed by atoms with Gasteiger partial charge in [0.2, 0.25) is 11.8 Å². The Morgan fingerprint density at radius 1 is 0.929 bits per heavy atom. The molecule has 0 bridgehead atoms. The van der Waals surface area contributed by atoms with Crippen LogP contribution < -0.4 is 16.3 Å². The van der Waals surface area contributed by atoms with E-state index in [0.29, 0.717) is 16.8 Å². The second-order valence-corrected chi connectivity index (χ2v) is 11.4. The number of amides is 2. The van der Waals surface area contributed by atoms with E-state index in [9.17, 15) is 28.7 Å². The van der Waals surface area contributed by atoms with Gasteiger partial charge in [-0.3, -0.25) is 9.59 Å². The summed E-state index contributed by atoms with van der Waals surface area (Å²) in [4.78, 5) is 56.8. The fourth-order valence-corrected chi connectivity index (χ4v) is 7.20. The first-order valence-corrected chi connectivity index (χ1v) is 13.8. The fourth-order valence-electron chi connectivity index (χ4n) is 7.02. The molecule has 42 heavy (non-hydrogen) atoms. The number of carbonyl (C=O) groups is 2. The summed E-state index contributed by atoms with van der Waals surface area (Å²) in [6.07, 6.45) is 1.87. The minimum absolute atomic E-state index is 0.0561. The maximum Gasteiger partial charge on any atom is 0.352 e. The van der Waals surface area contributed by atoms with E-state index in [1.54, 1.807) is 55.5 Å². The van der Waals surface area contributed by atoms with Gasteiger partial charge in [-0.15, -0.1) is 0 Å². The lowest BCUT2D eigenvalue weighted by Crippen LogP contribution is -2.49. The maximum atomic E-state index is 14.3. The van der Waals surface area contributed by atoms with Crippen molar-refractivity contribution in [3.8, 4) is 11.4 Å². The molecule has 9 nitrogen and oxygen atoms in total. The predicted molar refractivity (Wildman–Crippen MR) is 152 cm³/mol. The molecule has 2 fully saturated rings. The molecule has 0 spiro atoms. The molecule has 3 heterocycles. The van der Waals surface area contributed by atoms with Gasteiger partial charge in [0.1, 0.15) is 11.6 Å². The number of phenols is 1. The van der Waals surface area contributed by atoms with Crippen LogP contribution in [-0.4, -0.2) is 30.9 Å². The molecule has 1 saturated heterocycles. The molecule has 1 aliphatic carbocycles. The molecule has 212 valence electrons. The van der Waals surface area contributed by atoms with Gasteiger partial charge >= 0.3 is 11.4 Å². The highest BCUT2D eigenvalue weighted by atomic mass is 35.5. The minimum atomic E-state index is -1.37. The Hall–Kier alpha value is -4.70. The van der Waals surface area contributed by atoms with Crippen molar-refractivity contribution in [3.63, 3.8) is 0 Å². The highest BCUT2D eigenvalue weighted by Gasteiger charge is 2.65. The number of hydrogen-bond acceptors (Lipinski definition) is 5. The summed E-state index contributed by atoms with van der Waals surface area (Å²) in [5.74, 6) is -3.55. The second-order valence-electron chi connectivity index (χ2n) is 11.0. The lowest BCUT2D eigenvalue weighted by atomic mass is 9.56. The number of nitrogens with zero attached hydrogens (tertiary/aromatic N) is 4. The van der Waals surface area contributed by atoms with Crippen molar-refractivity contribution in [1.29, 1.82) is 0 Å². The normalized spacial score (nSPS) is 24.7. The molecular formula is C31H24ClFN4O5. The van der Waals surface area contributed by atoms with E-state index in [2.05, 4.69) is 0 Å². The maximum absolute atomic E-state index is 14.3. The van der Waals surface area contributed by atoms with Crippen LogP contribution in [0, 0.1) is 17.2 Å². The van der Waals surface area contributed by atoms with Crippen LogP contribution >= 0.6 is 11.6 Å². The summed E-state index contributed by atoms with van der Waals surface area (Å²) in [7, 11) is 0. The van der Waals surface area contributed by atoms with Crippen LogP contribution in [0.3, 0.4) is 0 Å². The van der Waals surface area contributed by atoms with E-state index in [4.69, 9.17) is 11.6 Å². The van der Waals surface area contributed by atoms with E-state index in [1.165, 1.54) is 27.6 Å². The first-order valence-electron chi connectivity index (χ1n) is 13.5. The second kappa shape index (κ2) is 9.15. The lowest BCUT2D eigenvalue weighted by Gasteiger charge is -2.47. The first-order chi connectivity index (χ1) is 20.1. The Morgan fingerprint density at radius 3 is 2.36 bits per heavy atom. The van der Waals surface area contributed by atoms with E-state index < -0.39 is 52.3 Å². The van der Waals surface area contributed by atoms with Crippen molar-refractivity contribution < 1.29 is 19.1 Å². The predicted octanol–water partition coefficient (Wildman–Crippen LogP) is 4.16. The molecule has 3 aliphatic rings. The zero-order valence-electron chi connectivity index (χ0n) is 22.3. The Labute approximate surface area is 243 Å². The van der Waals surface area contributed by atoms with Crippen molar-refractivity contribution in [1.82, 2.24) is 13.9 Å². The van der Waals surface area contributed by atoms with Crippen LogP contribution in [0.25, 0.3) is 5.69 Å². The number of phenolic OH excluding ortho intramolecular Hbond substituents is 1. The molecule has 3 aromatic carbocycles. The van der Waals surface area contributed by atoms with Crippen molar-refractivity contribution in [2.75, 3.05) is 4.90 Å². The zero-order valence-corrected chi connectivity index (χ0v) is 23.0. The van der Waals surface area contributed by atoms with Crippen LogP contribution in [0.15, 0.2) is 94.0 Å². The van der Waals surface area contributed by atoms with Crippen LogP contribution in [0.1, 0.15) is 30.9 Å². The Bertz CT molecular complexity index is 1960. The number of para-hydroxylation sites is 2. The highest BCUT2D eigenvalue weighted by Crippen LogP contribution is 2.62. The smallest absolute Gasteiger partial charge is 0.352 e. The Kier molecular flexibility index (Phi) is 5.71. The SMILES string of the molecule is C[C@@]12C(=O)N(c3ccc(F)c(Cl)c3)C(=O)[C@@H]1C[C@@H]1C(=CCn3c(=O)n(-c4ccccc4)c(=O)n31)[C@@H]2c1ccccc1O. The third kappa shape index (κ3) is 3.41. The van der Waals surface area contributed by atoms with Gasteiger partial charge in [-0.1, -0.05) is 54.1 Å². The monoisotopic (exact) mass is 586 g/mol. The number of halogens is 2. The van der Waals surface area contributed by atoms with E-state index in [1.807, 2.05) is 6.08 Å². The standard InChI is InChI=1S/C31H24ClFN4O5/c1-31-21(27(39)35(28(31)40)18-11-12-23(33)22(32)15-18)16-24-19(26(31)20-9-5-6-10-25(20)38)13-14-34-29(41)36(30(42)37(24)34)17-7-3-2-4-8-17/h2-13,15,21,24,26,38H,14,16H2,1H3/t21-,24+,26+,31+/m0/s1. The van der Waals surface area contributed by atoms with Crippen LogP contribution in [0.5, 0.6) is 5.75 Å². The number of aromatic nitrogens is 3. The van der Waals surface area contributed by atoms with Gasteiger partial charge in [-0.2, -0.15) is 0 Å². The topological polar surface area (TPSA) is 107 Å². The number of imide groups is 1. The third-order valence-corrected chi connectivity index (χ3v) is 9.25. The summed E-state index contributed by atoms with van der Waals surface area (Å²) in [5, 5.41) is 10.8. The molecule has 1 N–H and O–H groups in total. The fraction of sp³-hybridized carbons (Fsp3) is 0.226. The van der Waals surface area contributed by atoms with E-state index in [-0.39, 0.29) is 29.4 Å². The van der Waals surface area contributed by atoms with Gasteiger partial charge in [0, 0.05) is 11.5 Å². The van der Waals surface area contributed by atoms with Crippen molar-refractivity contribution in [3.05, 3.63) is 122 Å². The van der Waals surface area contributed by atoms with Crippen LogP contribution in [0.4, 0.5) is 10.1 Å². The van der Waals surface area contributed by atoms with Crippen LogP contribution in [0.2, 0.25) is 5.02 Å². The number of carbonyl (C=O) groups excluding carboxylic acids is 2. The number of benzene rings is 3. The molecule has 11 heteroatoms. The molecule has 0 unspecified atom stereocenters. The average molecular weight is 587 g/mol. The summed E-state index contributed by atoms with van der Waals surface area (Å²) in [6, 6.07) is 18.1. The van der Waals surface area contributed by atoms with Crippen molar-refractivity contribution >= 4 is 29.1 Å². The Morgan fingerprint density at radius 2 is 1.64 bits per heavy atom. The minimum Gasteiger partial charge on any atom is -0.508 e. The van der Waals surface area contributed by atoms with E-state index in [0.717, 1.165) is 15.5 Å². The van der Waals surface area contributed by atoms with Gasteiger partial charge in [0.05, 0.1) is 40.3 Å². The Balaban J connectivity index is 1.44. The number of anilines is 1. The summed E-state index contributed by atoms with van der Waals surface area (Å²) in [6.45, 7) is 1.75.